The molecule has 0 bridgehead atoms. The molecule has 108 valence electrons. The van der Waals surface area contributed by atoms with E-state index in [-0.39, 0.29) is 17.0 Å². The van der Waals surface area contributed by atoms with Crippen LogP contribution < -0.4 is 10.9 Å². The van der Waals surface area contributed by atoms with Gasteiger partial charge in [-0.3, -0.25) is 4.79 Å². The summed E-state index contributed by atoms with van der Waals surface area (Å²) < 4.78 is 9.31. The Morgan fingerprint density at radius 3 is 2.76 bits per heavy atom. The van der Waals surface area contributed by atoms with Crippen LogP contribution in [0.25, 0.3) is 11.0 Å². The Kier molecular flexibility index (Phi) is 4.03. The summed E-state index contributed by atoms with van der Waals surface area (Å²) in [5.41, 5.74) is -0.649. The highest BCUT2D eigenvalue weighted by Gasteiger charge is 2.08. The van der Waals surface area contributed by atoms with Crippen molar-refractivity contribution < 1.29 is 23.8 Å². The van der Waals surface area contributed by atoms with Crippen molar-refractivity contribution in [2.45, 2.75) is 0 Å². The highest BCUT2D eigenvalue weighted by molar-refractivity contribution is 6.03. The SMILES string of the molecule is COC(=O)C=CC(=O)Nc1cc2ccc(O)cc2oc1=O. The van der Waals surface area contributed by atoms with Crippen LogP contribution >= 0.6 is 0 Å². The zero-order valence-electron chi connectivity index (χ0n) is 11.0. The summed E-state index contributed by atoms with van der Waals surface area (Å²) in [5.74, 6) is -1.40. The minimum atomic E-state index is -0.770. The molecular formula is C14H11NO6. The number of phenolic OH excluding ortho intramolecular Hbond substituents is 1. The fourth-order valence-corrected chi connectivity index (χ4v) is 1.57. The number of carbonyl (C=O) groups is 2. The number of aromatic hydroxyl groups is 1. The maximum Gasteiger partial charge on any atom is 0.360 e. The van der Waals surface area contributed by atoms with Crippen LogP contribution in [0.1, 0.15) is 0 Å². The van der Waals surface area contributed by atoms with Crippen molar-refractivity contribution in [1.82, 2.24) is 0 Å². The summed E-state index contributed by atoms with van der Waals surface area (Å²) >= 11 is 0. The van der Waals surface area contributed by atoms with Gasteiger partial charge in [-0.25, -0.2) is 9.59 Å². The van der Waals surface area contributed by atoms with Crippen molar-refractivity contribution in [3.05, 3.63) is 46.8 Å². The standard InChI is InChI=1S/C14H11NO6/c1-20-13(18)5-4-12(17)15-10-6-8-2-3-9(16)7-11(8)21-14(10)19/h2-7,16H,1H3,(H,15,17). The third-order valence-electron chi connectivity index (χ3n) is 2.55. The summed E-state index contributed by atoms with van der Waals surface area (Å²) in [5, 5.41) is 12.1. The van der Waals surface area contributed by atoms with Crippen molar-refractivity contribution >= 4 is 28.5 Å². The molecule has 0 aliphatic rings. The van der Waals surface area contributed by atoms with Crippen LogP contribution in [0.4, 0.5) is 5.69 Å². The van der Waals surface area contributed by atoms with Crippen LogP contribution in [-0.2, 0) is 14.3 Å². The fraction of sp³-hybridized carbons (Fsp3) is 0.0714. The molecular weight excluding hydrogens is 278 g/mol. The number of ether oxygens (including phenoxy) is 1. The van der Waals surface area contributed by atoms with Gasteiger partial charge in [0.2, 0.25) is 5.91 Å². The van der Waals surface area contributed by atoms with Gasteiger partial charge in [0.15, 0.2) is 0 Å². The maximum absolute atomic E-state index is 11.7. The third-order valence-corrected chi connectivity index (χ3v) is 2.55. The Morgan fingerprint density at radius 2 is 2.05 bits per heavy atom. The second kappa shape index (κ2) is 5.91. The van der Waals surface area contributed by atoms with Gasteiger partial charge >= 0.3 is 11.6 Å². The van der Waals surface area contributed by atoms with Crippen LogP contribution in [-0.4, -0.2) is 24.1 Å². The number of fused-ring (bicyclic) bond motifs is 1. The Labute approximate surface area is 118 Å². The molecule has 1 heterocycles. The first-order valence-electron chi connectivity index (χ1n) is 5.83. The Balaban J connectivity index is 2.26. The van der Waals surface area contributed by atoms with Crippen LogP contribution in [0.15, 0.2) is 45.6 Å². The van der Waals surface area contributed by atoms with Crippen molar-refractivity contribution in [3.63, 3.8) is 0 Å². The molecule has 7 heteroatoms. The number of methoxy groups -OCH3 is 1. The molecule has 0 spiro atoms. The zero-order valence-corrected chi connectivity index (χ0v) is 11.0. The molecule has 1 amide bonds. The first kappa shape index (κ1) is 14.3. The highest BCUT2D eigenvalue weighted by Crippen LogP contribution is 2.20. The molecule has 0 atom stereocenters. The molecule has 21 heavy (non-hydrogen) atoms. The van der Waals surface area contributed by atoms with Crippen LogP contribution in [0.2, 0.25) is 0 Å². The second-order valence-corrected chi connectivity index (χ2v) is 4.02. The van der Waals surface area contributed by atoms with Crippen molar-refractivity contribution in [1.29, 1.82) is 0 Å². The molecule has 0 aliphatic carbocycles. The monoisotopic (exact) mass is 289 g/mol. The van der Waals surface area contributed by atoms with E-state index in [1.807, 2.05) is 0 Å². The maximum atomic E-state index is 11.7. The number of hydrogen-bond donors (Lipinski definition) is 2. The third kappa shape index (κ3) is 3.47. The summed E-state index contributed by atoms with van der Waals surface area (Å²) in [6.45, 7) is 0. The summed E-state index contributed by atoms with van der Waals surface area (Å²) in [4.78, 5) is 34.1. The van der Waals surface area contributed by atoms with E-state index in [0.717, 1.165) is 12.2 Å². The lowest BCUT2D eigenvalue weighted by atomic mass is 10.2. The minimum Gasteiger partial charge on any atom is -0.508 e. The minimum absolute atomic E-state index is 0.0385. The van der Waals surface area contributed by atoms with Crippen LogP contribution in [0, 0.1) is 0 Å². The number of phenols is 1. The van der Waals surface area contributed by atoms with Gasteiger partial charge in [0.25, 0.3) is 0 Å². The average molecular weight is 289 g/mol. The number of anilines is 1. The molecule has 2 rings (SSSR count). The summed E-state index contributed by atoms with van der Waals surface area (Å²) in [7, 11) is 1.18. The zero-order chi connectivity index (χ0) is 15.4. The molecule has 2 aromatic rings. The van der Waals surface area contributed by atoms with Gasteiger partial charge in [-0.15, -0.1) is 0 Å². The van der Waals surface area contributed by atoms with Gasteiger partial charge in [-0.2, -0.15) is 0 Å². The molecule has 1 aromatic carbocycles. The van der Waals surface area contributed by atoms with Crippen LogP contribution in [0.5, 0.6) is 5.75 Å². The molecule has 7 nitrogen and oxygen atoms in total. The van der Waals surface area contributed by atoms with Gasteiger partial charge in [0, 0.05) is 23.6 Å². The molecule has 0 aliphatic heterocycles. The molecule has 0 saturated carbocycles. The Hall–Kier alpha value is -3.09. The van der Waals surface area contributed by atoms with Gasteiger partial charge in [-0.05, 0) is 18.2 Å². The summed E-state index contributed by atoms with van der Waals surface area (Å²) in [6, 6.07) is 5.66. The predicted molar refractivity (Wildman–Crippen MR) is 73.9 cm³/mol. The molecule has 0 radical (unpaired) electrons. The normalized spacial score (nSPS) is 10.7. The summed E-state index contributed by atoms with van der Waals surface area (Å²) in [6.07, 6.45) is 1.86. The lowest BCUT2D eigenvalue weighted by Gasteiger charge is -2.03. The van der Waals surface area contributed by atoms with E-state index in [2.05, 4.69) is 10.1 Å². The van der Waals surface area contributed by atoms with E-state index in [0.29, 0.717) is 5.39 Å². The average Bonchev–Trinajstić information content (AvgIpc) is 2.45. The first-order valence-corrected chi connectivity index (χ1v) is 5.83. The van der Waals surface area contributed by atoms with Crippen molar-refractivity contribution in [2.75, 3.05) is 12.4 Å². The largest absolute Gasteiger partial charge is 0.508 e. The van der Waals surface area contributed by atoms with Gasteiger partial charge in [-0.1, -0.05) is 0 Å². The van der Waals surface area contributed by atoms with E-state index in [1.165, 1.54) is 31.4 Å². The van der Waals surface area contributed by atoms with Gasteiger partial charge in [0.05, 0.1) is 7.11 Å². The van der Waals surface area contributed by atoms with E-state index >= 15 is 0 Å². The van der Waals surface area contributed by atoms with E-state index < -0.39 is 17.5 Å². The number of nitrogens with one attached hydrogen (secondary N) is 1. The van der Waals surface area contributed by atoms with Gasteiger partial charge in [0.1, 0.15) is 17.0 Å². The topological polar surface area (TPSA) is 106 Å². The molecule has 2 N–H and O–H groups in total. The lowest BCUT2D eigenvalue weighted by Crippen LogP contribution is -2.16. The Bertz CT molecular complexity index is 790. The fourth-order valence-electron chi connectivity index (χ4n) is 1.57. The van der Waals surface area contributed by atoms with E-state index in [4.69, 9.17) is 4.42 Å². The number of benzene rings is 1. The number of amides is 1. The number of hydrogen-bond acceptors (Lipinski definition) is 6. The van der Waals surface area contributed by atoms with E-state index in [1.54, 1.807) is 0 Å². The second-order valence-electron chi connectivity index (χ2n) is 4.02. The molecule has 1 aromatic heterocycles. The van der Waals surface area contributed by atoms with E-state index in [9.17, 15) is 19.5 Å². The lowest BCUT2D eigenvalue weighted by molar-refractivity contribution is -0.135. The first-order chi connectivity index (χ1) is 9.99. The number of carbonyl (C=O) groups excluding carboxylic acids is 2. The molecule has 0 fully saturated rings. The molecule has 0 unspecified atom stereocenters. The van der Waals surface area contributed by atoms with Crippen LogP contribution in [0.3, 0.4) is 0 Å². The number of rotatable bonds is 3. The smallest absolute Gasteiger partial charge is 0.360 e. The molecule has 0 saturated heterocycles. The van der Waals surface area contributed by atoms with Gasteiger partial charge < -0.3 is 19.6 Å². The number of esters is 1. The predicted octanol–water partition coefficient (Wildman–Crippen LogP) is 1.17. The quantitative estimate of drug-likeness (QED) is 0.499. The van der Waals surface area contributed by atoms with Crippen molar-refractivity contribution in [2.24, 2.45) is 0 Å². The Morgan fingerprint density at radius 1 is 1.29 bits per heavy atom. The van der Waals surface area contributed by atoms with Crippen molar-refractivity contribution in [3.8, 4) is 5.75 Å². The highest BCUT2D eigenvalue weighted by atomic mass is 16.5.